The number of ether oxygens (including phenoxy) is 1. The first kappa shape index (κ1) is 18.8. The number of esters is 1. The van der Waals surface area contributed by atoms with Gasteiger partial charge in [-0.15, -0.1) is 0 Å². The van der Waals surface area contributed by atoms with Crippen molar-refractivity contribution < 1.29 is 9.53 Å². The van der Waals surface area contributed by atoms with Crippen LogP contribution in [0.2, 0.25) is 5.02 Å². The molecule has 1 aliphatic rings. The first-order valence-electron chi connectivity index (χ1n) is 8.64. The Morgan fingerprint density at radius 1 is 1.35 bits per heavy atom. The van der Waals surface area contributed by atoms with E-state index in [1.54, 1.807) is 6.92 Å². The van der Waals surface area contributed by atoms with E-state index in [4.69, 9.17) is 21.3 Å². The molecule has 2 aromatic rings. The molecule has 1 aromatic heterocycles. The number of thioether (sulfide) groups is 1. The lowest BCUT2D eigenvalue weighted by molar-refractivity contribution is -0.139. The van der Waals surface area contributed by atoms with Crippen LogP contribution in [0, 0.1) is 11.3 Å². The molecule has 0 N–H and O–H groups in total. The summed E-state index contributed by atoms with van der Waals surface area (Å²) in [6.45, 7) is 2.11. The first-order valence-corrected chi connectivity index (χ1v) is 10.0. The number of hydrogen-bond acceptors (Lipinski definition) is 5. The van der Waals surface area contributed by atoms with E-state index in [-0.39, 0.29) is 11.7 Å². The third-order valence-corrected chi connectivity index (χ3v) is 5.61. The van der Waals surface area contributed by atoms with E-state index in [1.165, 1.54) is 11.8 Å². The van der Waals surface area contributed by atoms with Crippen LogP contribution in [0.5, 0.6) is 0 Å². The van der Waals surface area contributed by atoms with Crippen LogP contribution in [0.15, 0.2) is 29.3 Å². The summed E-state index contributed by atoms with van der Waals surface area (Å²) < 4.78 is 4.99. The van der Waals surface area contributed by atoms with Crippen LogP contribution in [-0.4, -0.2) is 23.3 Å². The quantitative estimate of drug-likeness (QED) is 0.545. The van der Waals surface area contributed by atoms with Gasteiger partial charge in [-0.1, -0.05) is 41.6 Å². The van der Waals surface area contributed by atoms with Gasteiger partial charge >= 0.3 is 5.97 Å². The molecule has 0 saturated heterocycles. The zero-order valence-corrected chi connectivity index (χ0v) is 16.1. The van der Waals surface area contributed by atoms with Crippen LogP contribution >= 0.6 is 23.4 Å². The standard InChI is InChI=1S/C20H19ClN2O2S/c1-2-25-18(24)12-26-20-15(11-22)19(13-7-3-5-9-16(13)21)14-8-4-6-10-17(14)23-20/h3,5,7,9H,2,4,6,8,10,12H2,1H3. The molecule has 26 heavy (non-hydrogen) atoms. The molecule has 1 aromatic carbocycles. The number of nitriles is 1. The van der Waals surface area contributed by atoms with Crippen LogP contribution in [0.3, 0.4) is 0 Å². The Balaban J connectivity index is 2.12. The van der Waals surface area contributed by atoms with Crippen LogP contribution in [-0.2, 0) is 22.4 Å². The summed E-state index contributed by atoms with van der Waals surface area (Å²) in [4.78, 5) is 16.5. The maximum absolute atomic E-state index is 11.7. The summed E-state index contributed by atoms with van der Waals surface area (Å²) in [5.41, 5.74) is 4.34. The Morgan fingerprint density at radius 2 is 2.12 bits per heavy atom. The van der Waals surface area contributed by atoms with Gasteiger partial charge in [0, 0.05) is 21.8 Å². The van der Waals surface area contributed by atoms with Crippen molar-refractivity contribution in [1.29, 1.82) is 5.26 Å². The second-order valence-corrected chi connectivity index (χ2v) is 7.36. The third-order valence-electron chi connectivity index (χ3n) is 4.33. The van der Waals surface area contributed by atoms with Crippen molar-refractivity contribution in [2.45, 2.75) is 37.6 Å². The van der Waals surface area contributed by atoms with E-state index in [1.807, 2.05) is 24.3 Å². The van der Waals surface area contributed by atoms with Crippen LogP contribution in [0.1, 0.15) is 36.6 Å². The number of nitrogens with zero attached hydrogens (tertiary/aromatic N) is 2. The number of aryl methyl sites for hydroxylation is 1. The molecule has 0 spiro atoms. The maximum atomic E-state index is 11.7. The van der Waals surface area contributed by atoms with E-state index in [0.29, 0.717) is 22.2 Å². The fourth-order valence-electron chi connectivity index (χ4n) is 3.22. The topological polar surface area (TPSA) is 63.0 Å². The van der Waals surface area contributed by atoms with E-state index < -0.39 is 0 Å². The highest BCUT2D eigenvalue weighted by Crippen LogP contribution is 2.40. The molecule has 0 amide bonds. The number of fused-ring (bicyclic) bond motifs is 1. The number of pyridine rings is 1. The predicted octanol–water partition coefficient (Wildman–Crippen LogP) is 4.81. The van der Waals surface area contributed by atoms with E-state index in [2.05, 4.69) is 6.07 Å². The number of hydrogen-bond donors (Lipinski definition) is 0. The van der Waals surface area contributed by atoms with Gasteiger partial charge < -0.3 is 4.74 Å². The molecule has 0 fully saturated rings. The van der Waals surface area contributed by atoms with Crippen molar-refractivity contribution in [3.8, 4) is 17.2 Å². The molecule has 1 aliphatic carbocycles. The number of carbonyl (C=O) groups excluding carboxylic acids is 1. The smallest absolute Gasteiger partial charge is 0.316 e. The van der Waals surface area contributed by atoms with Gasteiger partial charge in [0.2, 0.25) is 0 Å². The van der Waals surface area contributed by atoms with Crippen molar-refractivity contribution in [3.05, 3.63) is 46.1 Å². The molecule has 3 rings (SSSR count). The highest BCUT2D eigenvalue weighted by atomic mass is 35.5. The Hall–Kier alpha value is -2.03. The molecule has 6 heteroatoms. The van der Waals surface area contributed by atoms with Crippen molar-refractivity contribution in [3.63, 3.8) is 0 Å². The van der Waals surface area contributed by atoms with Gasteiger partial charge in [0.05, 0.1) is 17.9 Å². The van der Waals surface area contributed by atoms with Gasteiger partial charge in [-0.2, -0.15) is 5.26 Å². The molecule has 0 unspecified atom stereocenters. The van der Waals surface area contributed by atoms with Gasteiger partial charge in [-0.05, 0) is 44.2 Å². The Kier molecular flexibility index (Phi) is 6.18. The number of benzene rings is 1. The SMILES string of the molecule is CCOC(=O)CSc1nc2c(c(-c3ccccc3Cl)c1C#N)CCCC2. The van der Waals surface area contributed by atoms with E-state index >= 15 is 0 Å². The predicted molar refractivity (Wildman–Crippen MR) is 103 cm³/mol. The third kappa shape index (κ3) is 3.87. The van der Waals surface area contributed by atoms with Crippen molar-refractivity contribution >= 4 is 29.3 Å². The fourth-order valence-corrected chi connectivity index (χ4v) is 4.25. The molecular weight excluding hydrogens is 368 g/mol. The van der Waals surface area contributed by atoms with Crippen molar-refractivity contribution in [2.24, 2.45) is 0 Å². The van der Waals surface area contributed by atoms with Crippen LogP contribution in [0.4, 0.5) is 0 Å². The lowest BCUT2D eigenvalue weighted by Crippen LogP contribution is -2.12. The monoisotopic (exact) mass is 386 g/mol. The van der Waals surface area contributed by atoms with Crippen LogP contribution in [0.25, 0.3) is 11.1 Å². The summed E-state index contributed by atoms with van der Waals surface area (Å²) in [7, 11) is 0. The number of aromatic nitrogens is 1. The maximum Gasteiger partial charge on any atom is 0.316 e. The van der Waals surface area contributed by atoms with Crippen molar-refractivity contribution in [1.82, 2.24) is 4.98 Å². The zero-order chi connectivity index (χ0) is 18.5. The summed E-state index contributed by atoms with van der Waals surface area (Å²) >= 11 is 7.70. The molecule has 0 atom stereocenters. The average Bonchev–Trinajstić information content (AvgIpc) is 2.66. The van der Waals surface area contributed by atoms with Gasteiger partial charge in [0.1, 0.15) is 11.1 Å². The normalized spacial score (nSPS) is 13.0. The van der Waals surface area contributed by atoms with E-state index in [9.17, 15) is 10.1 Å². The highest BCUT2D eigenvalue weighted by molar-refractivity contribution is 7.99. The highest BCUT2D eigenvalue weighted by Gasteiger charge is 2.24. The van der Waals surface area contributed by atoms with Gasteiger partial charge in [-0.3, -0.25) is 4.79 Å². The Bertz CT molecular complexity index is 877. The molecule has 4 nitrogen and oxygen atoms in total. The minimum atomic E-state index is -0.305. The minimum absolute atomic E-state index is 0.135. The molecular formula is C20H19ClN2O2S. The lowest BCUT2D eigenvalue weighted by Gasteiger charge is -2.22. The van der Waals surface area contributed by atoms with Gasteiger partial charge in [-0.25, -0.2) is 4.98 Å². The van der Waals surface area contributed by atoms with Crippen molar-refractivity contribution in [2.75, 3.05) is 12.4 Å². The largest absolute Gasteiger partial charge is 0.465 e. The van der Waals surface area contributed by atoms with Gasteiger partial charge in [0.25, 0.3) is 0 Å². The Morgan fingerprint density at radius 3 is 2.85 bits per heavy atom. The minimum Gasteiger partial charge on any atom is -0.465 e. The second-order valence-electron chi connectivity index (χ2n) is 5.98. The number of rotatable bonds is 5. The molecule has 0 radical (unpaired) electrons. The summed E-state index contributed by atoms with van der Waals surface area (Å²) in [6.07, 6.45) is 3.92. The molecule has 0 aliphatic heterocycles. The molecule has 0 bridgehead atoms. The zero-order valence-electron chi connectivity index (χ0n) is 14.5. The lowest BCUT2D eigenvalue weighted by atomic mass is 9.87. The molecule has 1 heterocycles. The summed E-state index contributed by atoms with van der Waals surface area (Å²) in [6, 6.07) is 9.87. The average molecular weight is 387 g/mol. The molecule has 134 valence electrons. The number of halogens is 1. The van der Waals surface area contributed by atoms with E-state index in [0.717, 1.165) is 48.1 Å². The fraction of sp³-hybridized carbons (Fsp3) is 0.350. The second kappa shape index (κ2) is 8.57. The first-order chi connectivity index (χ1) is 12.7. The Labute approximate surface area is 162 Å². The van der Waals surface area contributed by atoms with Crippen LogP contribution < -0.4 is 0 Å². The molecule has 0 saturated carbocycles. The summed E-state index contributed by atoms with van der Waals surface area (Å²) in [5, 5.41) is 11.1. The number of carbonyl (C=O) groups is 1. The van der Waals surface area contributed by atoms with Gasteiger partial charge in [0.15, 0.2) is 0 Å². The summed E-state index contributed by atoms with van der Waals surface area (Å²) in [5.74, 6) is -0.170.